The van der Waals surface area contributed by atoms with Crippen LogP contribution in [-0.2, 0) is 17.8 Å². The lowest BCUT2D eigenvalue weighted by Gasteiger charge is -2.20. The lowest BCUT2D eigenvalue weighted by Crippen LogP contribution is -2.32. The topological polar surface area (TPSA) is 102 Å². The summed E-state index contributed by atoms with van der Waals surface area (Å²) in [6, 6.07) is 13.3. The SMILES string of the molecule is CCCN(Cc1nnc(-c2ccccc2Cl)o1)C(=O)Cc1ccccc1[N+](=O)[O-]. The molecule has 0 atom stereocenters. The van der Waals surface area contributed by atoms with E-state index in [4.69, 9.17) is 16.0 Å². The Labute approximate surface area is 172 Å². The van der Waals surface area contributed by atoms with Gasteiger partial charge in [-0.15, -0.1) is 10.2 Å². The van der Waals surface area contributed by atoms with Crippen LogP contribution in [0.5, 0.6) is 0 Å². The number of hydrogen-bond acceptors (Lipinski definition) is 6. The van der Waals surface area contributed by atoms with Gasteiger partial charge in [-0.05, 0) is 18.6 Å². The van der Waals surface area contributed by atoms with Gasteiger partial charge in [-0.1, -0.05) is 48.9 Å². The number of nitro groups is 1. The van der Waals surface area contributed by atoms with Crippen molar-refractivity contribution in [3.63, 3.8) is 0 Å². The zero-order valence-electron chi connectivity index (χ0n) is 15.7. The lowest BCUT2D eigenvalue weighted by molar-refractivity contribution is -0.385. The summed E-state index contributed by atoms with van der Waals surface area (Å²) in [6.45, 7) is 2.52. The number of rotatable bonds is 8. The molecule has 0 bridgehead atoms. The molecule has 29 heavy (non-hydrogen) atoms. The highest BCUT2D eigenvalue weighted by molar-refractivity contribution is 6.33. The van der Waals surface area contributed by atoms with Gasteiger partial charge < -0.3 is 9.32 Å². The molecule has 3 aromatic rings. The molecule has 3 rings (SSSR count). The molecule has 8 nitrogen and oxygen atoms in total. The number of amides is 1. The normalized spacial score (nSPS) is 10.7. The summed E-state index contributed by atoms with van der Waals surface area (Å²) in [5.74, 6) is 0.288. The molecule has 0 aliphatic carbocycles. The van der Waals surface area contributed by atoms with Crippen LogP contribution in [0, 0.1) is 10.1 Å². The van der Waals surface area contributed by atoms with Crippen LogP contribution in [0.3, 0.4) is 0 Å². The van der Waals surface area contributed by atoms with Crippen molar-refractivity contribution < 1.29 is 14.1 Å². The minimum absolute atomic E-state index is 0.0731. The van der Waals surface area contributed by atoms with Gasteiger partial charge >= 0.3 is 0 Å². The number of halogens is 1. The molecular weight excluding hydrogens is 396 g/mol. The van der Waals surface area contributed by atoms with E-state index in [0.717, 1.165) is 0 Å². The fraction of sp³-hybridized carbons (Fsp3) is 0.250. The Balaban J connectivity index is 1.76. The molecule has 0 unspecified atom stereocenters. The fourth-order valence-corrected chi connectivity index (χ4v) is 3.12. The van der Waals surface area contributed by atoms with E-state index in [2.05, 4.69) is 10.2 Å². The molecule has 1 heterocycles. The van der Waals surface area contributed by atoms with Gasteiger partial charge in [0.15, 0.2) is 0 Å². The van der Waals surface area contributed by atoms with Crippen LogP contribution < -0.4 is 0 Å². The fourth-order valence-electron chi connectivity index (χ4n) is 2.90. The van der Waals surface area contributed by atoms with Crippen LogP contribution in [0.4, 0.5) is 5.69 Å². The molecule has 2 aromatic carbocycles. The second kappa shape index (κ2) is 9.29. The van der Waals surface area contributed by atoms with Gasteiger partial charge in [0.1, 0.15) is 0 Å². The van der Waals surface area contributed by atoms with E-state index in [0.29, 0.717) is 29.1 Å². The quantitative estimate of drug-likeness (QED) is 0.402. The summed E-state index contributed by atoms with van der Waals surface area (Å²) in [5, 5.41) is 19.7. The maximum absolute atomic E-state index is 12.8. The summed E-state index contributed by atoms with van der Waals surface area (Å²) in [5.41, 5.74) is 0.906. The average molecular weight is 415 g/mol. The predicted octanol–water partition coefficient (Wildman–Crippen LogP) is 4.28. The Hall–Kier alpha value is -3.26. The van der Waals surface area contributed by atoms with E-state index in [-0.39, 0.29) is 36.3 Å². The summed E-state index contributed by atoms with van der Waals surface area (Å²) >= 11 is 6.16. The monoisotopic (exact) mass is 414 g/mol. The van der Waals surface area contributed by atoms with Gasteiger partial charge in [0.25, 0.3) is 5.69 Å². The smallest absolute Gasteiger partial charge is 0.273 e. The molecular formula is C20H19ClN4O4. The number of carbonyl (C=O) groups excluding carboxylic acids is 1. The van der Waals surface area contributed by atoms with Crippen molar-refractivity contribution in [1.29, 1.82) is 0 Å². The molecule has 0 radical (unpaired) electrons. The van der Waals surface area contributed by atoms with Crippen LogP contribution >= 0.6 is 11.6 Å². The van der Waals surface area contributed by atoms with Crippen molar-refractivity contribution >= 4 is 23.2 Å². The zero-order chi connectivity index (χ0) is 20.8. The van der Waals surface area contributed by atoms with Crippen molar-refractivity contribution in [2.24, 2.45) is 0 Å². The highest BCUT2D eigenvalue weighted by Gasteiger charge is 2.21. The molecule has 1 amide bonds. The number of nitro benzene ring substituents is 1. The van der Waals surface area contributed by atoms with Crippen LogP contribution in [0.25, 0.3) is 11.5 Å². The third kappa shape index (κ3) is 4.97. The summed E-state index contributed by atoms with van der Waals surface area (Å²) in [7, 11) is 0. The van der Waals surface area contributed by atoms with Crippen LogP contribution in [0.1, 0.15) is 24.8 Å². The molecule has 0 aliphatic heterocycles. The second-order valence-electron chi connectivity index (χ2n) is 6.36. The lowest BCUT2D eigenvalue weighted by atomic mass is 10.1. The first kappa shape index (κ1) is 20.5. The Kier molecular flexibility index (Phi) is 6.56. The molecule has 0 N–H and O–H groups in total. The number of hydrogen-bond donors (Lipinski definition) is 0. The van der Waals surface area contributed by atoms with Gasteiger partial charge in [0.2, 0.25) is 17.7 Å². The standard InChI is InChI=1S/C20H19ClN4O4/c1-2-11-24(19(26)12-14-7-3-6-10-17(14)25(27)28)13-18-22-23-20(29-18)15-8-4-5-9-16(15)21/h3-10H,2,11-13H2,1H3. The number of aromatic nitrogens is 2. The minimum Gasteiger partial charge on any atom is -0.419 e. The molecule has 0 saturated heterocycles. The molecule has 150 valence electrons. The largest absolute Gasteiger partial charge is 0.419 e. The highest BCUT2D eigenvalue weighted by atomic mass is 35.5. The van der Waals surface area contributed by atoms with Gasteiger partial charge in [0.05, 0.1) is 28.5 Å². The third-order valence-corrected chi connectivity index (χ3v) is 4.60. The number of nitrogens with zero attached hydrogens (tertiary/aromatic N) is 4. The van der Waals surface area contributed by atoms with E-state index in [9.17, 15) is 14.9 Å². The van der Waals surface area contributed by atoms with Crippen molar-refractivity contribution in [2.45, 2.75) is 26.3 Å². The summed E-state index contributed by atoms with van der Waals surface area (Å²) in [6.07, 6.45) is 0.636. The molecule has 0 saturated carbocycles. The highest BCUT2D eigenvalue weighted by Crippen LogP contribution is 2.26. The van der Waals surface area contributed by atoms with Crippen LogP contribution in [0.15, 0.2) is 52.9 Å². The molecule has 0 aliphatic rings. The van der Waals surface area contributed by atoms with Crippen molar-refractivity contribution in [3.8, 4) is 11.5 Å². The van der Waals surface area contributed by atoms with Gasteiger partial charge in [-0.25, -0.2) is 0 Å². The maximum Gasteiger partial charge on any atom is 0.273 e. The number of carbonyl (C=O) groups is 1. The second-order valence-corrected chi connectivity index (χ2v) is 6.77. The van der Waals surface area contributed by atoms with E-state index >= 15 is 0 Å². The van der Waals surface area contributed by atoms with Gasteiger partial charge in [-0.3, -0.25) is 14.9 Å². The Morgan fingerprint density at radius 1 is 1.17 bits per heavy atom. The van der Waals surface area contributed by atoms with E-state index in [1.54, 1.807) is 41.3 Å². The Morgan fingerprint density at radius 3 is 2.62 bits per heavy atom. The first-order valence-electron chi connectivity index (χ1n) is 9.07. The van der Waals surface area contributed by atoms with Crippen molar-refractivity contribution in [3.05, 3.63) is 75.1 Å². The Bertz CT molecular complexity index is 1020. The predicted molar refractivity (Wildman–Crippen MR) is 107 cm³/mol. The zero-order valence-corrected chi connectivity index (χ0v) is 16.5. The van der Waals surface area contributed by atoms with E-state index in [1.807, 2.05) is 13.0 Å². The molecule has 9 heteroatoms. The van der Waals surface area contributed by atoms with Crippen molar-refractivity contribution in [1.82, 2.24) is 15.1 Å². The minimum atomic E-state index is -0.485. The third-order valence-electron chi connectivity index (χ3n) is 4.27. The van der Waals surface area contributed by atoms with E-state index in [1.165, 1.54) is 6.07 Å². The first-order valence-corrected chi connectivity index (χ1v) is 9.44. The summed E-state index contributed by atoms with van der Waals surface area (Å²) < 4.78 is 5.68. The van der Waals surface area contributed by atoms with E-state index < -0.39 is 4.92 Å². The summed E-state index contributed by atoms with van der Waals surface area (Å²) in [4.78, 5) is 25.1. The van der Waals surface area contributed by atoms with Crippen molar-refractivity contribution in [2.75, 3.05) is 6.54 Å². The Morgan fingerprint density at radius 2 is 1.90 bits per heavy atom. The van der Waals surface area contributed by atoms with Crippen LogP contribution in [0.2, 0.25) is 5.02 Å². The maximum atomic E-state index is 12.8. The number of benzene rings is 2. The van der Waals surface area contributed by atoms with Gasteiger partial charge in [0, 0.05) is 18.2 Å². The molecule has 1 aromatic heterocycles. The first-order chi connectivity index (χ1) is 14.0. The number of para-hydroxylation sites is 1. The molecule has 0 fully saturated rings. The van der Waals surface area contributed by atoms with Gasteiger partial charge in [-0.2, -0.15) is 0 Å². The average Bonchev–Trinajstić information content (AvgIpc) is 3.16. The molecule has 0 spiro atoms. The van der Waals surface area contributed by atoms with Crippen LogP contribution in [-0.4, -0.2) is 32.5 Å².